The number of rotatable bonds is 4. The average molecular weight is 309 g/mol. The van der Waals surface area contributed by atoms with E-state index < -0.39 is 0 Å². The van der Waals surface area contributed by atoms with E-state index in [1.807, 2.05) is 6.20 Å². The van der Waals surface area contributed by atoms with Gasteiger partial charge in [-0.2, -0.15) is 0 Å². The van der Waals surface area contributed by atoms with Gasteiger partial charge in [0.1, 0.15) is 5.82 Å². The second-order valence-corrected chi connectivity index (χ2v) is 6.47. The Labute approximate surface area is 132 Å². The predicted octanol–water partition coefficient (Wildman–Crippen LogP) is 2.52. The lowest BCUT2D eigenvalue weighted by Gasteiger charge is -2.44. The summed E-state index contributed by atoms with van der Waals surface area (Å²) in [6.45, 7) is 8.41. The van der Waals surface area contributed by atoms with Crippen LogP contribution in [0.5, 0.6) is 0 Å². The maximum absolute atomic E-state index is 6.47. The van der Waals surface area contributed by atoms with Gasteiger partial charge >= 0.3 is 0 Å². The highest BCUT2D eigenvalue weighted by Gasteiger charge is 2.30. The number of halogens is 1. The molecule has 1 N–H and O–H groups in total. The summed E-state index contributed by atoms with van der Waals surface area (Å²) in [7, 11) is 0. The smallest absolute Gasteiger partial charge is 0.147 e. The molecule has 5 heteroatoms. The average Bonchev–Trinajstić information content (AvgIpc) is 2.52. The first-order chi connectivity index (χ1) is 10.3. The first kappa shape index (κ1) is 15.1. The monoisotopic (exact) mass is 308 g/mol. The van der Waals surface area contributed by atoms with Crippen LogP contribution in [0, 0.1) is 0 Å². The van der Waals surface area contributed by atoms with Gasteiger partial charge in [0.25, 0.3) is 0 Å². The van der Waals surface area contributed by atoms with Crippen molar-refractivity contribution < 1.29 is 0 Å². The number of hydrogen-bond donors (Lipinski definition) is 1. The number of anilines is 1. The standard InChI is InChI=1S/C16H25ClN4/c1-2-18-10-13-9-15(17)16(19-11-13)21-8-7-20-6-4-3-5-14(20)12-21/h9,11,14,18H,2-8,10,12H2,1H3. The fourth-order valence-electron chi connectivity index (χ4n) is 3.42. The number of nitrogens with zero attached hydrogens (tertiary/aromatic N) is 3. The van der Waals surface area contributed by atoms with E-state index in [2.05, 4.69) is 33.1 Å². The van der Waals surface area contributed by atoms with Gasteiger partial charge in [0.05, 0.1) is 5.02 Å². The molecule has 3 rings (SSSR count). The highest BCUT2D eigenvalue weighted by Crippen LogP contribution is 2.28. The largest absolute Gasteiger partial charge is 0.353 e. The van der Waals surface area contributed by atoms with Gasteiger partial charge in [-0.3, -0.25) is 4.90 Å². The van der Waals surface area contributed by atoms with Crippen LogP contribution in [0.15, 0.2) is 12.3 Å². The van der Waals surface area contributed by atoms with Crippen molar-refractivity contribution in [1.82, 2.24) is 15.2 Å². The van der Waals surface area contributed by atoms with E-state index in [1.165, 1.54) is 25.8 Å². The van der Waals surface area contributed by atoms with Crippen LogP contribution < -0.4 is 10.2 Å². The number of nitrogens with one attached hydrogen (secondary N) is 1. The van der Waals surface area contributed by atoms with Gasteiger partial charge in [-0.15, -0.1) is 0 Å². The van der Waals surface area contributed by atoms with Gasteiger partial charge < -0.3 is 10.2 Å². The zero-order valence-corrected chi connectivity index (χ0v) is 13.6. The highest BCUT2D eigenvalue weighted by molar-refractivity contribution is 6.33. The molecule has 3 heterocycles. The van der Waals surface area contributed by atoms with Crippen molar-refractivity contribution in [3.05, 3.63) is 22.8 Å². The lowest BCUT2D eigenvalue weighted by molar-refractivity contribution is 0.133. The fraction of sp³-hybridized carbons (Fsp3) is 0.688. The van der Waals surface area contributed by atoms with Crippen LogP contribution in [-0.4, -0.2) is 48.6 Å². The Hall–Kier alpha value is -0.840. The minimum Gasteiger partial charge on any atom is -0.353 e. The maximum Gasteiger partial charge on any atom is 0.147 e. The summed E-state index contributed by atoms with van der Waals surface area (Å²) in [4.78, 5) is 9.63. The molecule has 1 atom stereocenters. The number of piperidine rings is 1. The predicted molar refractivity (Wildman–Crippen MR) is 88.1 cm³/mol. The molecule has 2 saturated heterocycles. The zero-order chi connectivity index (χ0) is 14.7. The third-order valence-electron chi connectivity index (χ3n) is 4.59. The van der Waals surface area contributed by atoms with Gasteiger partial charge in [0, 0.05) is 38.4 Å². The van der Waals surface area contributed by atoms with Gasteiger partial charge in [-0.1, -0.05) is 24.9 Å². The molecular formula is C16H25ClN4. The van der Waals surface area contributed by atoms with Crippen LogP contribution in [0.1, 0.15) is 31.7 Å². The lowest BCUT2D eigenvalue weighted by atomic mass is 9.99. The van der Waals surface area contributed by atoms with Crippen LogP contribution in [-0.2, 0) is 6.54 Å². The molecule has 1 aromatic rings. The first-order valence-corrected chi connectivity index (χ1v) is 8.50. The summed E-state index contributed by atoms with van der Waals surface area (Å²) < 4.78 is 0. The molecule has 0 amide bonds. The Kier molecular flexibility index (Phi) is 4.99. The van der Waals surface area contributed by atoms with Crippen molar-refractivity contribution in [2.75, 3.05) is 37.6 Å². The lowest BCUT2D eigenvalue weighted by Crippen LogP contribution is -2.55. The molecule has 116 valence electrons. The van der Waals surface area contributed by atoms with Crippen LogP contribution in [0.25, 0.3) is 0 Å². The Morgan fingerprint density at radius 1 is 1.33 bits per heavy atom. The van der Waals surface area contributed by atoms with Crippen LogP contribution in [0.3, 0.4) is 0 Å². The quantitative estimate of drug-likeness (QED) is 0.926. The molecule has 1 aromatic heterocycles. The van der Waals surface area contributed by atoms with E-state index in [-0.39, 0.29) is 0 Å². The molecule has 4 nitrogen and oxygen atoms in total. The van der Waals surface area contributed by atoms with E-state index in [9.17, 15) is 0 Å². The van der Waals surface area contributed by atoms with Crippen molar-refractivity contribution in [3.8, 4) is 0 Å². The third-order valence-corrected chi connectivity index (χ3v) is 4.87. The van der Waals surface area contributed by atoms with Crippen molar-refractivity contribution in [2.24, 2.45) is 0 Å². The molecule has 2 aliphatic heterocycles. The molecule has 0 aromatic carbocycles. The second-order valence-electron chi connectivity index (χ2n) is 6.06. The number of pyridine rings is 1. The van der Waals surface area contributed by atoms with Gasteiger partial charge in [-0.25, -0.2) is 4.98 Å². The van der Waals surface area contributed by atoms with E-state index in [1.54, 1.807) is 0 Å². The minimum absolute atomic E-state index is 0.687. The van der Waals surface area contributed by atoms with Crippen LogP contribution in [0.2, 0.25) is 5.02 Å². The first-order valence-electron chi connectivity index (χ1n) is 8.12. The summed E-state index contributed by atoms with van der Waals surface area (Å²) in [5.41, 5.74) is 1.15. The zero-order valence-electron chi connectivity index (χ0n) is 12.8. The topological polar surface area (TPSA) is 31.4 Å². The number of fused-ring (bicyclic) bond motifs is 1. The molecular weight excluding hydrogens is 284 g/mol. The third kappa shape index (κ3) is 3.50. The van der Waals surface area contributed by atoms with Crippen molar-refractivity contribution in [1.29, 1.82) is 0 Å². The molecule has 2 aliphatic rings. The van der Waals surface area contributed by atoms with E-state index >= 15 is 0 Å². The van der Waals surface area contributed by atoms with Crippen molar-refractivity contribution >= 4 is 17.4 Å². The number of hydrogen-bond acceptors (Lipinski definition) is 4. The maximum atomic E-state index is 6.47. The van der Waals surface area contributed by atoms with Gasteiger partial charge in [0.15, 0.2) is 0 Å². The van der Waals surface area contributed by atoms with Gasteiger partial charge in [0.2, 0.25) is 0 Å². The molecule has 21 heavy (non-hydrogen) atoms. The molecule has 0 radical (unpaired) electrons. The summed E-state index contributed by atoms with van der Waals surface area (Å²) in [5.74, 6) is 0.960. The molecule has 2 fully saturated rings. The second kappa shape index (κ2) is 6.95. The molecule has 0 bridgehead atoms. The summed E-state index contributed by atoms with van der Waals surface area (Å²) >= 11 is 6.47. The Morgan fingerprint density at radius 3 is 3.05 bits per heavy atom. The van der Waals surface area contributed by atoms with E-state index in [0.717, 1.165) is 49.1 Å². The van der Waals surface area contributed by atoms with Crippen molar-refractivity contribution in [2.45, 2.75) is 38.8 Å². The Balaban J connectivity index is 1.68. The fourth-order valence-corrected chi connectivity index (χ4v) is 3.73. The summed E-state index contributed by atoms with van der Waals surface area (Å²) in [6.07, 6.45) is 5.98. The molecule has 0 aliphatic carbocycles. The summed E-state index contributed by atoms with van der Waals surface area (Å²) in [6, 6.07) is 2.74. The highest BCUT2D eigenvalue weighted by atomic mass is 35.5. The molecule has 0 saturated carbocycles. The molecule has 0 spiro atoms. The van der Waals surface area contributed by atoms with E-state index in [0.29, 0.717) is 6.04 Å². The normalized spacial score (nSPS) is 23.1. The van der Waals surface area contributed by atoms with Crippen LogP contribution >= 0.6 is 11.6 Å². The van der Waals surface area contributed by atoms with Crippen LogP contribution in [0.4, 0.5) is 5.82 Å². The number of aromatic nitrogens is 1. The SMILES string of the molecule is CCNCc1cnc(N2CCN3CCCCC3C2)c(Cl)c1. The Morgan fingerprint density at radius 2 is 2.24 bits per heavy atom. The van der Waals surface area contributed by atoms with E-state index in [4.69, 9.17) is 11.6 Å². The van der Waals surface area contributed by atoms with Gasteiger partial charge in [-0.05, 0) is 37.6 Å². The summed E-state index contributed by atoms with van der Waals surface area (Å²) in [5, 5.41) is 4.10. The van der Waals surface area contributed by atoms with Crippen molar-refractivity contribution in [3.63, 3.8) is 0 Å². The minimum atomic E-state index is 0.687. The molecule has 1 unspecified atom stereocenters. The number of piperazine rings is 1. The Bertz CT molecular complexity index is 479.